The summed E-state index contributed by atoms with van der Waals surface area (Å²) in [5.41, 5.74) is 0.779. The van der Waals surface area contributed by atoms with Gasteiger partial charge in [-0.25, -0.2) is 8.78 Å². The van der Waals surface area contributed by atoms with Crippen LogP contribution in [0.3, 0.4) is 0 Å². The third-order valence-corrected chi connectivity index (χ3v) is 2.64. The number of hydrogen-bond acceptors (Lipinski definition) is 2. The Kier molecular flexibility index (Phi) is 6.08. The van der Waals surface area contributed by atoms with Crippen molar-refractivity contribution in [2.24, 2.45) is 0 Å². The molecule has 0 spiro atoms. The summed E-state index contributed by atoms with van der Waals surface area (Å²) in [7, 11) is 1.65. The lowest BCUT2D eigenvalue weighted by Gasteiger charge is -2.18. The molecule has 96 valence electrons. The summed E-state index contributed by atoms with van der Waals surface area (Å²) in [6.07, 6.45) is 1.72. The summed E-state index contributed by atoms with van der Waals surface area (Å²) in [6, 6.07) is 4.10. The van der Waals surface area contributed by atoms with Gasteiger partial charge in [0.2, 0.25) is 0 Å². The average Bonchev–Trinajstić information content (AvgIpc) is 2.32. The molecule has 0 aliphatic carbocycles. The number of halogens is 2. The maximum Gasteiger partial charge on any atom is 0.159 e. The monoisotopic (exact) mass is 243 g/mol. The van der Waals surface area contributed by atoms with Crippen molar-refractivity contribution in [3.63, 3.8) is 0 Å². The number of ether oxygens (including phenoxy) is 1. The molecular formula is C13H19F2NO. The SMILES string of the molecule is CCNC(CCCOC)c1ccc(F)c(F)c1. The number of hydrogen-bond donors (Lipinski definition) is 1. The molecule has 0 heterocycles. The van der Waals surface area contributed by atoms with Crippen molar-refractivity contribution in [1.29, 1.82) is 0 Å². The molecule has 4 heteroatoms. The van der Waals surface area contributed by atoms with Crippen LogP contribution >= 0.6 is 0 Å². The van der Waals surface area contributed by atoms with E-state index in [1.165, 1.54) is 12.1 Å². The first-order valence-corrected chi connectivity index (χ1v) is 5.86. The zero-order chi connectivity index (χ0) is 12.7. The summed E-state index contributed by atoms with van der Waals surface area (Å²) in [4.78, 5) is 0. The van der Waals surface area contributed by atoms with Gasteiger partial charge in [-0.15, -0.1) is 0 Å². The molecular weight excluding hydrogens is 224 g/mol. The predicted octanol–water partition coefficient (Wildman–Crippen LogP) is 3.04. The normalized spacial score (nSPS) is 12.7. The molecule has 0 fully saturated rings. The molecule has 0 amide bonds. The molecule has 0 aliphatic heterocycles. The highest BCUT2D eigenvalue weighted by atomic mass is 19.2. The van der Waals surface area contributed by atoms with Gasteiger partial charge in [0, 0.05) is 19.8 Å². The fourth-order valence-electron chi connectivity index (χ4n) is 1.79. The van der Waals surface area contributed by atoms with Crippen molar-refractivity contribution in [3.05, 3.63) is 35.4 Å². The second-order valence-corrected chi connectivity index (χ2v) is 3.92. The Morgan fingerprint density at radius 1 is 1.29 bits per heavy atom. The highest BCUT2D eigenvalue weighted by Gasteiger charge is 2.12. The zero-order valence-electron chi connectivity index (χ0n) is 10.3. The third-order valence-electron chi connectivity index (χ3n) is 2.64. The minimum atomic E-state index is -0.805. The van der Waals surface area contributed by atoms with Crippen LogP contribution in [-0.2, 0) is 4.74 Å². The van der Waals surface area contributed by atoms with E-state index in [1.807, 2.05) is 6.92 Å². The van der Waals surface area contributed by atoms with Gasteiger partial charge in [-0.2, -0.15) is 0 Å². The van der Waals surface area contributed by atoms with Gasteiger partial charge < -0.3 is 10.1 Å². The van der Waals surface area contributed by atoms with Crippen molar-refractivity contribution < 1.29 is 13.5 Å². The second kappa shape index (κ2) is 7.35. The highest BCUT2D eigenvalue weighted by molar-refractivity contribution is 5.21. The molecule has 0 aromatic heterocycles. The van der Waals surface area contributed by atoms with Crippen LogP contribution in [0.5, 0.6) is 0 Å². The van der Waals surface area contributed by atoms with Crippen molar-refractivity contribution in [1.82, 2.24) is 5.32 Å². The van der Waals surface area contributed by atoms with Crippen LogP contribution in [-0.4, -0.2) is 20.3 Å². The van der Waals surface area contributed by atoms with Gasteiger partial charge in [0.15, 0.2) is 11.6 Å². The summed E-state index contributed by atoms with van der Waals surface area (Å²) in [5, 5.41) is 3.26. The van der Waals surface area contributed by atoms with E-state index in [0.29, 0.717) is 6.61 Å². The Morgan fingerprint density at radius 3 is 2.65 bits per heavy atom. The minimum Gasteiger partial charge on any atom is -0.385 e. The summed E-state index contributed by atoms with van der Waals surface area (Å²) >= 11 is 0. The van der Waals surface area contributed by atoms with E-state index >= 15 is 0 Å². The molecule has 1 unspecified atom stereocenters. The topological polar surface area (TPSA) is 21.3 Å². The smallest absolute Gasteiger partial charge is 0.159 e. The lowest BCUT2D eigenvalue weighted by Crippen LogP contribution is -2.21. The Balaban J connectivity index is 2.70. The van der Waals surface area contributed by atoms with Crippen LogP contribution in [0.1, 0.15) is 31.4 Å². The Hall–Kier alpha value is -1.00. The van der Waals surface area contributed by atoms with E-state index in [1.54, 1.807) is 13.2 Å². The molecule has 1 N–H and O–H groups in total. The highest BCUT2D eigenvalue weighted by Crippen LogP contribution is 2.20. The molecule has 17 heavy (non-hydrogen) atoms. The zero-order valence-corrected chi connectivity index (χ0v) is 10.3. The number of nitrogens with one attached hydrogen (secondary N) is 1. The van der Waals surface area contributed by atoms with E-state index in [4.69, 9.17) is 4.74 Å². The van der Waals surface area contributed by atoms with Gasteiger partial charge in [-0.05, 0) is 37.1 Å². The summed E-state index contributed by atoms with van der Waals surface area (Å²) < 4.78 is 31.0. The quantitative estimate of drug-likeness (QED) is 0.743. The Bertz CT molecular complexity index is 344. The molecule has 0 saturated carbocycles. The standard InChI is InChI=1S/C13H19F2NO/c1-3-16-13(5-4-8-17-2)10-6-7-11(14)12(15)9-10/h6-7,9,13,16H,3-5,8H2,1-2H3. The van der Waals surface area contributed by atoms with Crippen LogP contribution in [0.25, 0.3) is 0 Å². The first kappa shape index (κ1) is 14.1. The van der Waals surface area contributed by atoms with Crippen LogP contribution in [0.2, 0.25) is 0 Å². The lowest BCUT2D eigenvalue weighted by atomic mass is 10.0. The van der Waals surface area contributed by atoms with E-state index in [0.717, 1.165) is 24.9 Å². The fourth-order valence-corrected chi connectivity index (χ4v) is 1.79. The van der Waals surface area contributed by atoms with Gasteiger partial charge in [-0.1, -0.05) is 13.0 Å². The van der Waals surface area contributed by atoms with Crippen molar-refractivity contribution in [2.75, 3.05) is 20.3 Å². The van der Waals surface area contributed by atoms with Crippen LogP contribution in [0.15, 0.2) is 18.2 Å². The number of benzene rings is 1. The molecule has 0 aliphatic rings. The molecule has 1 rings (SSSR count). The minimum absolute atomic E-state index is 0.0465. The summed E-state index contributed by atoms with van der Waals surface area (Å²) in [5.74, 6) is -1.60. The molecule has 0 saturated heterocycles. The van der Waals surface area contributed by atoms with Crippen LogP contribution < -0.4 is 5.32 Å². The molecule has 1 atom stereocenters. The first-order valence-electron chi connectivity index (χ1n) is 5.86. The van der Waals surface area contributed by atoms with Gasteiger partial charge >= 0.3 is 0 Å². The van der Waals surface area contributed by atoms with Crippen molar-refractivity contribution >= 4 is 0 Å². The van der Waals surface area contributed by atoms with Crippen molar-refractivity contribution in [2.45, 2.75) is 25.8 Å². The molecule has 2 nitrogen and oxygen atoms in total. The van der Waals surface area contributed by atoms with E-state index in [-0.39, 0.29) is 6.04 Å². The van der Waals surface area contributed by atoms with Crippen molar-refractivity contribution in [3.8, 4) is 0 Å². The maximum absolute atomic E-state index is 13.1. The summed E-state index contributed by atoms with van der Waals surface area (Å²) in [6.45, 7) is 3.45. The maximum atomic E-state index is 13.1. The Morgan fingerprint density at radius 2 is 2.06 bits per heavy atom. The van der Waals surface area contributed by atoms with Gasteiger partial charge in [-0.3, -0.25) is 0 Å². The molecule has 0 bridgehead atoms. The molecule has 1 aromatic rings. The molecule has 1 aromatic carbocycles. The molecule has 0 radical (unpaired) electrons. The van der Waals surface area contributed by atoms with Gasteiger partial charge in [0.25, 0.3) is 0 Å². The third kappa shape index (κ3) is 4.40. The van der Waals surface area contributed by atoms with E-state index < -0.39 is 11.6 Å². The average molecular weight is 243 g/mol. The Labute approximate surface area is 101 Å². The second-order valence-electron chi connectivity index (χ2n) is 3.92. The van der Waals surface area contributed by atoms with E-state index in [2.05, 4.69) is 5.32 Å². The van der Waals surface area contributed by atoms with Crippen LogP contribution in [0.4, 0.5) is 8.78 Å². The fraction of sp³-hybridized carbons (Fsp3) is 0.538. The number of rotatable bonds is 7. The number of methoxy groups -OCH3 is 1. The van der Waals surface area contributed by atoms with Crippen LogP contribution in [0, 0.1) is 11.6 Å². The largest absolute Gasteiger partial charge is 0.385 e. The lowest BCUT2D eigenvalue weighted by molar-refractivity contribution is 0.189. The predicted molar refractivity (Wildman–Crippen MR) is 63.9 cm³/mol. The van der Waals surface area contributed by atoms with Gasteiger partial charge in [0.1, 0.15) is 0 Å². The van der Waals surface area contributed by atoms with Gasteiger partial charge in [0.05, 0.1) is 0 Å². The van der Waals surface area contributed by atoms with E-state index in [9.17, 15) is 8.78 Å². The first-order chi connectivity index (χ1) is 8.19.